The summed E-state index contributed by atoms with van der Waals surface area (Å²) in [5.74, 6) is -0.116. The summed E-state index contributed by atoms with van der Waals surface area (Å²) in [7, 11) is 3.15. The van der Waals surface area contributed by atoms with E-state index in [-0.39, 0.29) is 17.8 Å². The van der Waals surface area contributed by atoms with Crippen LogP contribution in [0.25, 0.3) is 5.57 Å². The quantitative estimate of drug-likeness (QED) is 0.762. The van der Waals surface area contributed by atoms with E-state index in [9.17, 15) is 4.79 Å². The second-order valence-electron chi connectivity index (χ2n) is 6.46. The van der Waals surface area contributed by atoms with Gasteiger partial charge >= 0.3 is 5.97 Å². The molecule has 130 valence electrons. The Morgan fingerprint density at radius 1 is 0.920 bits per heavy atom. The maximum absolute atomic E-state index is 12.2. The fourth-order valence-corrected chi connectivity index (χ4v) is 3.78. The Kier molecular flexibility index (Phi) is 5.67. The molecular weight excluding hydrogens is 312 g/mol. The smallest absolute Gasteiger partial charge is 0.309 e. The van der Waals surface area contributed by atoms with Crippen molar-refractivity contribution < 1.29 is 14.3 Å². The Balaban J connectivity index is 2.07. The van der Waals surface area contributed by atoms with Crippen molar-refractivity contribution in [2.75, 3.05) is 20.8 Å². The van der Waals surface area contributed by atoms with E-state index in [1.165, 1.54) is 29.4 Å². The molecule has 25 heavy (non-hydrogen) atoms. The normalized spacial score (nSPS) is 19.7. The van der Waals surface area contributed by atoms with E-state index in [1.54, 1.807) is 7.11 Å². The number of rotatable bonds is 5. The zero-order valence-electron chi connectivity index (χ0n) is 14.8. The first-order valence-corrected chi connectivity index (χ1v) is 8.64. The van der Waals surface area contributed by atoms with Crippen molar-refractivity contribution in [3.05, 3.63) is 77.4 Å². The van der Waals surface area contributed by atoms with Crippen molar-refractivity contribution in [1.82, 2.24) is 0 Å². The van der Waals surface area contributed by atoms with Gasteiger partial charge in [0.15, 0.2) is 0 Å². The van der Waals surface area contributed by atoms with Crippen LogP contribution in [0.4, 0.5) is 0 Å². The lowest BCUT2D eigenvalue weighted by atomic mass is 9.92. The molecule has 2 unspecified atom stereocenters. The average Bonchev–Trinajstić information content (AvgIpc) is 3.07. The first-order chi connectivity index (χ1) is 12.2. The van der Waals surface area contributed by atoms with Gasteiger partial charge in [0.1, 0.15) is 0 Å². The van der Waals surface area contributed by atoms with Gasteiger partial charge in [0.05, 0.1) is 19.6 Å². The molecule has 1 fully saturated rings. The molecule has 0 aliphatic heterocycles. The van der Waals surface area contributed by atoms with Gasteiger partial charge in [-0.3, -0.25) is 4.79 Å². The zero-order valence-corrected chi connectivity index (χ0v) is 14.8. The van der Waals surface area contributed by atoms with Gasteiger partial charge < -0.3 is 9.47 Å². The predicted molar refractivity (Wildman–Crippen MR) is 99.0 cm³/mol. The Hall–Kier alpha value is -2.39. The van der Waals surface area contributed by atoms with E-state index in [2.05, 4.69) is 48.5 Å². The van der Waals surface area contributed by atoms with E-state index in [4.69, 9.17) is 9.47 Å². The summed E-state index contributed by atoms with van der Waals surface area (Å²) in [5, 5.41) is 0. The average molecular weight is 336 g/mol. The number of carbonyl (C=O) groups excluding carboxylic acids is 1. The SMILES string of the molecule is COCC1CC(=C(c2ccccc2)c2ccccc2)CC1C(=O)OC. The highest BCUT2D eigenvalue weighted by atomic mass is 16.5. The number of allylic oxidation sites excluding steroid dienone is 1. The molecule has 3 rings (SSSR count). The molecule has 0 N–H and O–H groups in total. The molecule has 0 amide bonds. The molecule has 0 saturated heterocycles. The number of carbonyl (C=O) groups is 1. The van der Waals surface area contributed by atoms with Crippen molar-refractivity contribution in [1.29, 1.82) is 0 Å². The van der Waals surface area contributed by atoms with Crippen molar-refractivity contribution in [2.24, 2.45) is 11.8 Å². The maximum atomic E-state index is 12.2. The third-order valence-electron chi connectivity index (χ3n) is 4.91. The summed E-state index contributed by atoms with van der Waals surface area (Å²) in [6, 6.07) is 20.8. The Morgan fingerprint density at radius 3 is 1.96 bits per heavy atom. The number of methoxy groups -OCH3 is 2. The van der Waals surface area contributed by atoms with E-state index < -0.39 is 0 Å². The highest BCUT2D eigenvalue weighted by Gasteiger charge is 2.37. The topological polar surface area (TPSA) is 35.5 Å². The lowest BCUT2D eigenvalue weighted by Crippen LogP contribution is -2.23. The summed E-state index contributed by atoms with van der Waals surface area (Å²) >= 11 is 0. The van der Waals surface area contributed by atoms with E-state index >= 15 is 0 Å². The molecule has 1 aliphatic carbocycles. The molecule has 0 bridgehead atoms. The molecule has 0 spiro atoms. The number of hydrogen-bond acceptors (Lipinski definition) is 3. The second-order valence-corrected chi connectivity index (χ2v) is 6.46. The van der Waals surface area contributed by atoms with Gasteiger partial charge in [0, 0.05) is 7.11 Å². The maximum Gasteiger partial charge on any atom is 0.309 e. The first kappa shape index (κ1) is 17.4. The molecule has 0 radical (unpaired) electrons. The minimum atomic E-state index is -0.141. The summed E-state index contributed by atoms with van der Waals surface area (Å²) in [5.41, 5.74) is 4.90. The summed E-state index contributed by atoms with van der Waals surface area (Å²) in [4.78, 5) is 12.2. The molecule has 1 aliphatic rings. The van der Waals surface area contributed by atoms with Gasteiger partial charge in [-0.25, -0.2) is 0 Å². The van der Waals surface area contributed by atoms with Gasteiger partial charge in [0.2, 0.25) is 0 Å². The monoisotopic (exact) mass is 336 g/mol. The van der Waals surface area contributed by atoms with Crippen LogP contribution in [0.2, 0.25) is 0 Å². The standard InChI is InChI=1S/C22H24O3/c1-24-15-19-13-18(14-20(19)22(23)25-2)21(16-9-5-3-6-10-16)17-11-7-4-8-12-17/h3-12,19-20H,13-15H2,1-2H3. The minimum Gasteiger partial charge on any atom is -0.469 e. The van der Waals surface area contributed by atoms with Gasteiger partial charge in [-0.05, 0) is 35.5 Å². The molecule has 3 heteroatoms. The second kappa shape index (κ2) is 8.13. The van der Waals surface area contributed by atoms with Gasteiger partial charge in [-0.15, -0.1) is 0 Å². The fourth-order valence-electron chi connectivity index (χ4n) is 3.78. The Bertz CT molecular complexity index is 693. The summed E-state index contributed by atoms with van der Waals surface area (Å²) < 4.78 is 10.4. The molecule has 0 aromatic heterocycles. The first-order valence-electron chi connectivity index (χ1n) is 8.64. The molecule has 2 aromatic rings. The molecule has 2 atom stereocenters. The van der Waals surface area contributed by atoms with Crippen molar-refractivity contribution in [2.45, 2.75) is 12.8 Å². The largest absolute Gasteiger partial charge is 0.469 e. The highest BCUT2D eigenvalue weighted by molar-refractivity contribution is 5.84. The lowest BCUT2D eigenvalue weighted by molar-refractivity contribution is -0.147. The van der Waals surface area contributed by atoms with Crippen LogP contribution in [-0.4, -0.2) is 26.8 Å². The molecular formula is C22H24O3. The van der Waals surface area contributed by atoms with Crippen LogP contribution < -0.4 is 0 Å². The van der Waals surface area contributed by atoms with Gasteiger partial charge in [-0.2, -0.15) is 0 Å². The number of hydrogen-bond donors (Lipinski definition) is 0. The summed E-state index contributed by atoms with van der Waals surface area (Å²) in [6.45, 7) is 0.570. The third-order valence-corrected chi connectivity index (χ3v) is 4.91. The highest BCUT2D eigenvalue weighted by Crippen LogP contribution is 2.42. The number of ether oxygens (including phenoxy) is 2. The number of benzene rings is 2. The van der Waals surface area contributed by atoms with Gasteiger partial charge in [0.25, 0.3) is 0 Å². The minimum absolute atomic E-state index is 0.137. The van der Waals surface area contributed by atoms with Gasteiger partial charge in [-0.1, -0.05) is 66.2 Å². The predicted octanol–water partition coefficient (Wildman–Crippen LogP) is 4.33. The van der Waals surface area contributed by atoms with Crippen molar-refractivity contribution in [3.63, 3.8) is 0 Å². The molecule has 3 nitrogen and oxygen atoms in total. The van der Waals surface area contributed by atoms with E-state index in [1.807, 2.05) is 12.1 Å². The number of esters is 1. The molecule has 1 saturated carbocycles. The summed E-state index contributed by atoms with van der Waals surface area (Å²) in [6.07, 6.45) is 1.58. The fraction of sp³-hybridized carbons (Fsp3) is 0.318. The van der Waals surface area contributed by atoms with Crippen LogP contribution in [0.1, 0.15) is 24.0 Å². The van der Waals surface area contributed by atoms with Crippen LogP contribution in [-0.2, 0) is 14.3 Å². The van der Waals surface area contributed by atoms with Crippen LogP contribution in [0.15, 0.2) is 66.2 Å². The van der Waals surface area contributed by atoms with Crippen LogP contribution in [0.5, 0.6) is 0 Å². The Labute approximate surface area is 149 Å². The Morgan fingerprint density at radius 2 is 1.48 bits per heavy atom. The van der Waals surface area contributed by atoms with E-state index in [0.29, 0.717) is 6.61 Å². The third kappa shape index (κ3) is 3.83. The molecule has 0 heterocycles. The van der Waals surface area contributed by atoms with E-state index in [0.717, 1.165) is 12.8 Å². The van der Waals surface area contributed by atoms with Crippen LogP contribution >= 0.6 is 0 Å². The zero-order chi connectivity index (χ0) is 17.6. The van der Waals surface area contributed by atoms with Crippen molar-refractivity contribution >= 4 is 11.5 Å². The van der Waals surface area contributed by atoms with Crippen LogP contribution in [0.3, 0.4) is 0 Å². The molecule has 2 aromatic carbocycles. The van der Waals surface area contributed by atoms with Crippen molar-refractivity contribution in [3.8, 4) is 0 Å². The van der Waals surface area contributed by atoms with Crippen LogP contribution in [0, 0.1) is 11.8 Å². The lowest BCUT2D eigenvalue weighted by Gasteiger charge is -2.15.